The molecule has 6 nitrogen and oxygen atoms in total. The van der Waals surface area contributed by atoms with Crippen molar-refractivity contribution in [1.82, 2.24) is 5.32 Å². The van der Waals surface area contributed by atoms with E-state index < -0.39 is 5.60 Å². The normalized spacial score (nSPS) is 28.8. The standard InChI is InChI=1S/C18H22N2O4/c1-2-3-13-11-19-7-6-18(13)12-20(17(21)24-18)14-4-5-15-16(10-14)23-9-8-22-15/h2,4-5,10,13,19H,1,3,6-9,11-12H2. The number of nitrogens with one attached hydrogen (secondary N) is 1. The number of amides is 1. The first-order chi connectivity index (χ1) is 11.7. The van der Waals surface area contributed by atoms with Crippen molar-refractivity contribution in [3.8, 4) is 11.5 Å². The minimum Gasteiger partial charge on any atom is -0.486 e. The summed E-state index contributed by atoms with van der Waals surface area (Å²) in [6, 6.07) is 5.60. The predicted octanol–water partition coefficient (Wildman–Crippen LogP) is 2.34. The number of piperidine rings is 1. The number of allylic oxidation sites excluding steroid dienone is 1. The van der Waals surface area contributed by atoms with E-state index in [0.717, 1.165) is 37.4 Å². The van der Waals surface area contributed by atoms with E-state index in [1.165, 1.54) is 0 Å². The third-order valence-corrected chi connectivity index (χ3v) is 5.09. The molecule has 0 aliphatic carbocycles. The molecule has 1 spiro atoms. The van der Waals surface area contributed by atoms with E-state index >= 15 is 0 Å². The Bertz CT molecular complexity index is 662. The van der Waals surface area contributed by atoms with Crippen LogP contribution in [0, 0.1) is 5.92 Å². The second-order valence-electron chi connectivity index (χ2n) is 6.52. The monoisotopic (exact) mass is 330 g/mol. The summed E-state index contributed by atoms with van der Waals surface area (Å²) in [5.74, 6) is 1.65. The van der Waals surface area contributed by atoms with E-state index in [-0.39, 0.29) is 12.0 Å². The summed E-state index contributed by atoms with van der Waals surface area (Å²) in [5, 5.41) is 3.39. The number of anilines is 1. The van der Waals surface area contributed by atoms with E-state index in [9.17, 15) is 4.79 Å². The van der Waals surface area contributed by atoms with Gasteiger partial charge in [0.1, 0.15) is 18.8 Å². The summed E-state index contributed by atoms with van der Waals surface area (Å²) in [6.45, 7) is 7.18. The number of ether oxygens (including phenoxy) is 3. The molecule has 1 amide bonds. The van der Waals surface area contributed by atoms with Gasteiger partial charge in [0.2, 0.25) is 0 Å². The van der Waals surface area contributed by atoms with E-state index in [1.807, 2.05) is 24.3 Å². The average molecular weight is 330 g/mol. The van der Waals surface area contributed by atoms with Crippen molar-refractivity contribution in [2.24, 2.45) is 5.92 Å². The largest absolute Gasteiger partial charge is 0.486 e. The lowest BCUT2D eigenvalue weighted by atomic mass is 9.79. The van der Waals surface area contributed by atoms with Gasteiger partial charge in [-0.05, 0) is 25.1 Å². The maximum Gasteiger partial charge on any atom is 0.415 e. The zero-order valence-corrected chi connectivity index (χ0v) is 13.6. The molecular weight excluding hydrogens is 308 g/mol. The minimum absolute atomic E-state index is 0.245. The Morgan fingerprint density at radius 3 is 3.00 bits per heavy atom. The lowest BCUT2D eigenvalue weighted by Crippen LogP contribution is -2.52. The van der Waals surface area contributed by atoms with Gasteiger partial charge in [0.25, 0.3) is 0 Å². The average Bonchev–Trinajstić information content (AvgIpc) is 2.94. The number of rotatable bonds is 3. The SMILES string of the molecule is C=CCC1CNCCC12CN(c1ccc3c(c1)OCCO3)C(=O)O2. The molecule has 0 aromatic heterocycles. The van der Waals surface area contributed by atoms with Crippen LogP contribution in [0.15, 0.2) is 30.9 Å². The maximum absolute atomic E-state index is 12.6. The van der Waals surface area contributed by atoms with Crippen LogP contribution in [0.5, 0.6) is 11.5 Å². The molecule has 128 valence electrons. The molecule has 6 heteroatoms. The lowest BCUT2D eigenvalue weighted by molar-refractivity contribution is -0.0138. The summed E-state index contributed by atoms with van der Waals surface area (Å²) in [7, 11) is 0. The fourth-order valence-electron chi connectivity index (χ4n) is 3.80. The molecule has 3 aliphatic heterocycles. The van der Waals surface area contributed by atoms with Crippen molar-refractivity contribution in [1.29, 1.82) is 0 Å². The van der Waals surface area contributed by atoms with Gasteiger partial charge < -0.3 is 19.5 Å². The molecule has 2 fully saturated rings. The third-order valence-electron chi connectivity index (χ3n) is 5.09. The first-order valence-corrected chi connectivity index (χ1v) is 8.44. The Labute approximate surface area is 141 Å². The van der Waals surface area contributed by atoms with Gasteiger partial charge in [-0.15, -0.1) is 6.58 Å². The molecule has 0 saturated carbocycles. The van der Waals surface area contributed by atoms with Crippen molar-refractivity contribution < 1.29 is 19.0 Å². The molecule has 0 radical (unpaired) electrons. The summed E-state index contributed by atoms with van der Waals surface area (Å²) in [5.41, 5.74) is 0.348. The third kappa shape index (κ3) is 2.51. The molecule has 4 rings (SSSR count). The zero-order valence-electron chi connectivity index (χ0n) is 13.6. The lowest BCUT2D eigenvalue weighted by Gasteiger charge is -2.39. The molecule has 2 atom stereocenters. The number of nitrogens with zero attached hydrogens (tertiary/aromatic N) is 1. The van der Waals surface area contributed by atoms with Gasteiger partial charge >= 0.3 is 6.09 Å². The topological polar surface area (TPSA) is 60.0 Å². The highest BCUT2D eigenvalue weighted by atomic mass is 16.6. The van der Waals surface area contributed by atoms with Crippen LogP contribution in [0.25, 0.3) is 0 Å². The van der Waals surface area contributed by atoms with Crippen molar-refractivity contribution in [2.75, 3.05) is 37.7 Å². The number of hydrogen-bond donors (Lipinski definition) is 1. The van der Waals surface area contributed by atoms with Crippen LogP contribution in [0.1, 0.15) is 12.8 Å². The van der Waals surface area contributed by atoms with Crippen molar-refractivity contribution >= 4 is 11.8 Å². The Kier molecular flexibility index (Phi) is 3.84. The van der Waals surface area contributed by atoms with Gasteiger partial charge in [-0.3, -0.25) is 4.90 Å². The van der Waals surface area contributed by atoms with E-state index in [1.54, 1.807) is 4.90 Å². The van der Waals surface area contributed by atoms with Gasteiger partial charge in [0.15, 0.2) is 11.5 Å². The smallest absolute Gasteiger partial charge is 0.415 e. The van der Waals surface area contributed by atoms with Crippen molar-refractivity contribution in [2.45, 2.75) is 18.4 Å². The Morgan fingerprint density at radius 2 is 2.17 bits per heavy atom. The predicted molar refractivity (Wildman–Crippen MR) is 89.8 cm³/mol. The van der Waals surface area contributed by atoms with Gasteiger partial charge in [0.05, 0.1) is 12.2 Å². The van der Waals surface area contributed by atoms with Crippen LogP contribution in [0.2, 0.25) is 0 Å². The van der Waals surface area contributed by atoms with Crippen LogP contribution >= 0.6 is 0 Å². The fourth-order valence-corrected chi connectivity index (χ4v) is 3.80. The van der Waals surface area contributed by atoms with E-state index in [2.05, 4.69) is 11.9 Å². The van der Waals surface area contributed by atoms with Crippen molar-refractivity contribution in [3.05, 3.63) is 30.9 Å². The summed E-state index contributed by atoms with van der Waals surface area (Å²) in [4.78, 5) is 14.3. The molecule has 1 aromatic rings. The zero-order chi connectivity index (χ0) is 16.6. The highest BCUT2D eigenvalue weighted by Gasteiger charge is 2.51. The van der Waals surface area contributed by atoms with Gasteiger partial charge in [-0.25, -0.2) is 4.79 Å². The second kappa shape index (κ2) is 6.02. The number of benzene rings is 1. The minimum atomic E-state index is -0.441. The van der Waals surface area contributed by atoms with Crippen molar-refractivity contribution in [3.63, 3.8) is 0 Å². The molecule has 24 heavy (non-hydrogen) atoms. The molecule has 1 N–H and O–H groups in total. The number of hydrogen-bond acceptors (Lipinski definition) is 5. The molecule has 1 aromatic carbocycles. The molecule has 3 aliphatic rings. The Morgan fingerprint density at radius 1 is 1.33 bits per heavy atom. The summed E-state index contributed by atoms with van der Waals surface area (Å²) < 4.78 is 17.1. The molecule has 0 bridgehead atoms. The highest BCUT2D eigenvalue weighted by Crippen LogP contribution is 2.41. The number of fused-ring (bicyclic) bond motifs is 1. The van der Waals surface area contributed by atoms with E-state index in [4.69, 9.17) is 14.2 Å². The van der Waals surface area contributed by atoms with Crippen LogP contribution in [0.4, 0.5) is 10.5 Å². The molecular formula is C18H22N2O4. The Balaban J connectivity index is 1.60. The van der Waals surface area contributed by atoms with Crippen LogP contribution in [-0.4, -0.2) is 44.5 Å². The van der Waals surface area contributed by atoms with Crippen LogP contribution in [-0.2, 0) is 4.74 Å². The van der Waals surface area contributed by atoms with Gasteiger partial charge in [-0.2, -0.15) is 0 Å². The Hall–Kier alpha value is -2.21. The number of carbonyl (C=O) groups excluding carboxylic acids is 1. The second-order valence-corrected chi connectivity index (χ2v) is 6.52. The quantitative estimate of drug-likeness (QED) is 0.862. The highest BCUT2D eigenvalue weighted by molar-refractivity contribution is 5.91. The van der Waals surface area contributed by atoms with Gasteiger partial charge in [-0.1, -0.05) is 6.08 Å². The molecule has 2 unspecified atom stereocenters. The maximum atomic E-state index is 12.6. The molecule has 2 saturated heterocycles. The summed E-state index contributed by atoms with van der Waals surface area (Å²) >= 11 is 0. The fraction of sp³-hybridized carbons (Fsp3) is 0.500. The van der Waals surface area contributed by atoms with Crippen LogP contribution < -0.4 is 19.7 Å². The first-order valence-electron chi connectivity index (χ1n) is 8.44. The summed E-state index contributed by atoms with van der Waals surface area (Å²) in [6.07, 6.45) is 3.26. The van der Waals surface area contributed by atoms with Crippen LogP contribution in [0.3, 0.4) is 0 Å². The van der Waals surface area contributed by atoms with Gasteiger partial charge in [0, 0.05) is 24.9 Å². The molecule has 3 heterocycles. The van der Waals surface area contributed by atoms with E-state index in [0.29, 0.717) is 25.5 Å². The first kappa shape index (κ1) is 15.3. The number of carbonyl (C=O) groups is 1.